The fourth-order valence-electron chi connectivity index (χ4n) is 1.49. The molecule has 0 radical (unpaired) electrons. The lowest BCUT2D eigenvalue weighted by atomic mass is 10.1. The van der Waals surface area contributed by atoms with Gasteiger partial charge in [0.15, 0.2) is 0 Å². The van der Waals surface area contributed by atoms with Gasteiger partial charge in [0.1, 0.15) is 0 Å². The summed E-state index contributed by atoms with van der Waals surface area (Å²) in [5, 5.41) is 6.62. The second kappa shape index (κ2) is 4.53. The zero-order chi connectivity index (χ0) is 10.8. The summed E-state index contributed by atoms with van der Waals surface area (Å²) < 4.78 is 0. The third-order valence-electron chi connectivity index (χ3n) is 2.02. The van der Waals surface area contributed by atoms with Crippen molar-refractivity contribution in [2.24, 2.45) is 0 Å². The van der Waals surface area contributed by atoms with E-state index in [2.05, 4.69) is 24.5 Å². The molecule has 0 bridgehead atoms. The number of hydrogen-bond donors (Lipinski definition) is 2. The second-order valence-corrected chi connectivity index (χ2v) is 5.95. The molecule has 0 aromatic carbocycles. The Labute approximate surface area is 90.4 Å². The molecular formula is C10H20N2OS. The number of amides is 1. The minimum absolute atomic E-state index is 0.141. The maximum Gasteiger partial charge on any atom is 0.222 e. The van der Waals surface area contributed by atoms with Crippen molar-refractivity contribution in [3.63, 3.8) is 0 Å². The molecule has 1 atom stereocenters. The molecule has 1 rings (SSSR count). The summed E-state index contributed by atoms with van der Waals surface area (Å²) in [5.41, 5.74) is 0.174. The standard InChI is InChI=1S/C10H20N2OS/c1-7(2)11-8(13)5-9-12-10(3,4)6-14-9/h7,9,12H,5-6H2,1-4H3,(H,11,13). The van der Waals surface area contributed by atoms with Crippen molar-refractivity contribution in [3.05, 3.63) is 0 Å². The highest BCUT2D eigenvalue weighted by molar-refractivity contribution is 8.00. The Bertz CT molecular complexity index is 216. The molecule has 14 heavy (non-hydrogen) atoms. The van der Waals surface area contributed by atoms with Gasteiger partial charge in [-0.15, -0.1) is 11.8 Å². The van der Waals surface area contributed by atoms with Gasteiger partial charge in [0.25, 0.3) is 0 Å². The molecule has 1 amide bonds. The third kappa shape index (κ3) is 3.88. The summed E-state index contributed by atoms with van der Waals surface area (Å²) >= 11 is 1.83. The highest BCUT2D eigenvalue weighted by atomic mass is 32.2. The summed E-state index contributed by atoms with van der Waals surface area (Å²) in [6.45, 7) is 8.30. The van der Waals surface area contributed by atoms with Crippen molar-refractivity contribution >= 4 is 17.7 Å². The van der Waals surface area contributed by atoms with Crippen molar-refractivity contribution in [1.82, 2.24) is 10.6 Å². The van der Waals surface area contributed by atoms with E-state index in [4.69, 9.17) is 0 Å². The molecule has 0 saturated carbocycles. The average Bonchev–Trinajstić information content (AvgIpc) is 2.27. The molecule has 0 aliphatic carbocycles. The molecule has 1 aliphatic rings. The highest BCUT2D eigenvalue weighted by Gasteiger charge is 2.31. The summed E-state index contributed by atoms with van der Waals surface area (Å²) in [6, 6.07) is 0.238. The predicted molar refractivity (Wildman–Crippen MR) is 61.4 cm³/mol. The van der Waals surface area contributed by atoms with E-state index in [9.17, 15) is 4.79 Å². The minimum atomic E-state index is 0.141. The second-order valence-electron chi connectivity index (χ2n) is 4.75. The van der Waals surface area contributed by atoms with Crippen molar-refractivity contribution in [2.45, 2.75) is 51.1 Å². The first-order valence-corrected chi connectivity index (χ1v) is 6.12. The van der Waals surface area contributed by atoms with Gasteiger partial charge in [0, 0.05) is 17.3 Å². The van der Waals surface area contributed by atoms with Crippen LogP contribution in [-0.4, -0.2) is 28.6 Å². The molecule has 1 aliphatic heterocycles. The number of thioether (sulfide) groups is 1. The van der Waals surface area contributed by atoms with Crippen LogP contribution in [0.4, 0.5) is 0 Å². The Morgan fingerprint density at radius 1 is 1.64 bits per heavy atom. The first-order valence-electron chi connectivity index (χ1n) is 5.08. The normalized spacial score (nSPS) is 25.4. The van der Waals surface area contributed by atoms with Crippen LogP contribution < -0.4 is 10.6 Å². The van der Waals surface area contributed by atoms with E-state index in [1.165, 1.54) is 0 Å². The fraction of sp³-hybridized carbons (Fsp3) is 0.900. The van der Waals surface area contributed by atoms with E-state index in [1.54, 1.807) is 0 Å². The minimum Gasteiger partial charge on any atom is -0.354 e. The summed E-state index contributed by atoms with van der Waals surface area (Å²) in [4.78, 5) is 11.5. The monoisotopic (exact) mass is 216 g/mol. The quantitative estimate of drug-likeness (QED) is 0.748. The predicted octanol–water partition coefficient (Wildman–Crippen LogP) is 1.34. The van der Waals surface area contributed by atoms with Crippen LogP contribution in [0.5, 0.6) is 0 Å². The van der Waals surface area contributed by atoms with E-state index < -0.39 is 0 Å². The Kier molecular flexibility index (Phi) is 3.84. The SMILES string of the molecule is CC(C)NC(=O)CC1NC(C)(C)CS1. The Balaban J connectivity index is 2.29. The highest BCUT2D eigenvalue weighted by Crippen LogP contribution is 2.27. The molecule has 1 fully saturated rings. The molecule has 1 heterocycles. The third-order valence-corrected chi connectivity index (χ3v) is 3.59. The smallest absolute Gasteiger partial charge is 0.222 e. The molecular weight excluding hydrogens is 196 g/mol. The fourth-order valence-corrected chi connectivity index (χ4v) is 2.86. The van der Waals surface area contributed by atoms with Gasteiger partial charge >= 0.3 is 0 Å². The average molecular weight is 216 g/mol. The summed E-state index contributed by atoms with van der Waals surface area (Å²) in [6.07, 6.45) is 0.576. The van der Waals surface area contributed by atoms with Gasteiger partial charge in [0.2, 0.25) is 5.91 Å². The Morgan fingerprint density at radius 3 is 2.71 bits per heavy atom. The lowest BCUT2D eigenvalue weighted by Gasteiger charge is -2.18. The lowest BCUT2D eigenvalue weighted by Crippen LogP contribution is -2.41. The first kappa shape index (κ1) is 11.9. The molecule has 0 aromatic heterocycles. The van der Waals surface area contributed by atoms with Gasteiger partial charge in [0.05, 0.1) is 11.8 Å². The molecule has 4 heteroatoms. The van der Waals surface area contributed by atoms with Gasteiger partial charge in [-0.3, -0.25) is 10.1 Å². The number of carbonyl (C=O) groups excluding carboxylic acids is 1. The van der Waals surface area contributed by atoms with Crippen LogP contribution in [-0.2, 0) is 4.79 Å². The van der Waals surface area contributed by atoms with E-state index in [0.29, 0.717) is 6.42 Å². The molecule has 82 valence electrons. The van der Waals surface area contributed by atoms with Gasteiger partial charge in [-0.2, -0.15) is 0 Å². The van der Waals surface area contributed by atoms with Crippen LogP contribution in [0, 0.1) is 0 Å². The van der Waals surface area contributed by atoms with Crippen LogP contribution >= 0.6 is 11.8 Å². The van der Waals surface area contributed by atoms with Crippen LogP contribution in [0.1, 0.15) is 34.1 Å². The van der Waals surface area contributed by atoms with E-state index in [1.807, 2.05) is 25.6 Å². The van der Waals surface area contributed by atoms with Gasteiger partial charge in [-0.05, 0) is 27.7 Å². The largest absolute Gasteiger partial charge is 0.354 e. The zero-order valence-corrected chi connectivity index (χ0v) is 10.2. The van der Waals surface area contributed by atoms with E-state index in [-0.39, 0.29) is 22.9 Å². The zero-order valence-electron chi connectivity index (χ0n) is 9.39. The van der Waals surface area contributed by atoms with Gasteiger partial charge in [-0.1, -0.05) is 0 Å². The Morgan fingerprint density at radius 2 is 2.29 bits per heavy atom. The molecule has 2 N–H and O–H groups in total. The van der Waals surface area contributed by atoms with Crippen molar-refractivity contribution in [2.75, 3.05) is 5.75 Å². The number of hydrogen-bond acceptors (Lipinski definition) is 3. The molecule has 3 nitrogen and oxygen atoms in total. The molecule has 0 spiro atoms. The number of carbonyl (C=O) groups is 1. The number of nitrogens with one attached hydrogen (secondary N) is 2. The van der Waals surface area contributed by atoms with E-state index in [0.717, 1.165) is 5.75 Å². The maximum atomic E-state index is 11.5. The van der Waals surface area contributed by atoms with Crippen LogP contribution in [0.15, 0.2) is 0 Å². The lowest BCUT2D eigenvalue weighted by molar-refractivity contribution is -0.121. The van der Waals surface area contributed by atoms with Gasteiger partial charge < -0.3 is 5.32 Å². The van der Waals surface area contributed by atoms with Crippen molar-refractivity contribution in [1.29, 1.82) is 0 Å². The van der Waals surface area contributed by atoms with Crippen LogP contribution in [0.2, 0.25) is 0 Å². The maximum absolute atomic E-state index is 11.5. The Hall–Kier alpha value is -0.220. The van der Waals surface area contributed by atoms with Crippen molar-refractivity contribution < 1.29 is 4.79 Å². The molecule has 1 saturated heterocycles. The summed E-state index contributed by atoms with van der Waals surface area (Å²) in [7, 11) is 0. The first-order chi connectivity index (χ1) is 6.39. The van der Waals surface area contributed by atoms with Crippen LogP contribution in [0.25, 0.3) is 0 Å². The van der Waals surface area contributed by atoms with Crippen LogP contribution in [0.3, 0.4) is 0 Å². The van der Waals surface area contributed by atoms with Crippen molar-refractivity contribution in [3.8, 4) is 0 Å². The topological polar surface area (TPSA) is 41.1 Å². The molecule has 1 unspecified atom stereocenters. The summed E-state index contributed by atoms with van der Waals surface area (Å²) in [5.74, 6) is 1.22. The number of rotatable bonds is 3. The molecule has 0 aromatic rings. The van der Waals surface area contributed by atoms with Gasteiger partial charge in [-0.25, -0.2) is 0 Å². The van der Waals surface area contributed by atoms with E-state index >= 15 is 0 Å².